The zero-order chi connectivity index (χ0) is 20.3. The van der Waals surface area contributed by atoms with Gasteiger partial charge in [-0.3, -0.25) is 0 Å². The molecule has 0 N–H and O–H groups in total. The van der Waals surface area contributed by atoms with E-state index < -0.39 is 23.7 Å². The van der Waals surface area contributed by atoms with Gasteiger partial charge in [0.2, 0.25) is 5.75 Å². The third-order valence-electron chi connectivity index (χ3n) is 6.43. The van der Waals surface area contributed by atoms with Crippen LogP contribution in [0, 0.1) is 29.4 Å². The molecular weight excluding hydrogens is 375 g/mol. The lowest BCUT2D eigenvalue weighted by atomic mass is 9.68. The summed E-state index contributed by atoms with van der Waals surface area (Å²) in [6.07, 6.45) is 7.87. The third-order valence-corrected chi connectivity index (χ3v) is 6.43. The predicted molar refractivity (Wildman–Crippen MR) is 98.0 cm³/mol. The van der Waals surface area contributed by atoms with Gasteiger partial charge >= 0.3 is 6.36 Å². The normalized spacial score (nSPS) is 29.2. The number of hydrogen-bond donors (Lipinski definition) is 0. The Hall–Kier alpha value is -1.59. The van der Waals surface area contributed by atoms with Gasteiger partial charge in [-0.15, -0.1) is 13.2 Å². The summed E-state index contributed by atoms with van der Waals surface area (Å²) < 4.78 is 68.3. The predicted octanol–water partition coefficient (Wildman–Crippen LogP) is 7.52. The Morgan fingerprint density at radius 3 is 1.82 bits per heavy atom. The molecule has 0 amide bonds. The molecule has 6 heteroatoms. The average Bonchev–Trinajstić information content (AvgIpc) is 2.65. The molecule has 0 spiro atoms. The fourth-order valence-corrected chi connectivity index (χ4v) is 5.03. The van der Waals surface area contributed by atoms with E-state index in [1.165, 1.54) is 25.7 Å². The van der Waals surface area contributed by atoms with Crippen molar-refractivity contribution in [3.05, 3.63) is 41.5 Å². The monoisotopic (exact) mass is 402 g/mol. The van der Waals surface area contributed by atoms with Gasteiger partial charge in [-0.25, -0.2) is 8.78 Å². The Morgan fingerprint density at radius 2 is 1.36 bits per heavy atom. The van der Waals surface area contributed by atoms with Crippen LogP contribution in [0.2, 0.25) is 0 Å². The maximum atomic E-state index is 14.0. The third kappa shape index (κ3) is 5.26. The number of hydrogen-bond acceptors (Lipinski definition) is 1. The van der Waals surface area contributed by atoms with Gasteiger partial charge in [-0.2, -0.15) is 0 Å². The Morgan fingerprint density at radius 1 is 0.857 bits per heavy atom. The van der Waals surface area contributed by atoms with E-state index in [1.807, 2.05) is 0 Å². The van der Waals surface area contributed by atoms with Crippen LogP contribution in [0.3, 0.4) is 0 Å². The lowest BCUT2D eigenvalue weighted by Gasteiger charge is -2.37. The van der Waals surface area contributed by atoms with Gasteiger partial charge in [0.1, 0.15) is 0 Å². The fourth-order valence-electron chi connectivity index (χ4n) is 5.03. The lowest BCUT2D eigenvalue weighted by Crippen LogP contribution is -2.25. The second kappa shape index (κ2) is 8.83. The van der Waals surface area contributed by atoms with Crippen LogP contribution < -0.4 is 4.74 Å². The van der Waals surface area contributed by atoms with Gasteiger partial charge in [0.15, 0.2) is 11.6 Å². The summed E-state index contributed by atoms with van der Waals surface area (Å²) in [5.41, 5.74) is 0.430. The maximum absolute atomic E-state index is 14.0. The molecule has 0 heterocycles. The quantitative estimate of drug-likeness (QED) is 0.374. The standard InChI is InChI=1S/C22H27F5O/c1-2-3-14-4-6-15(7-5-14)16-8-10-17(11-9-16)18-12-19(23)21(20(24)13-18)28-22(25,26)27/h2-3,12-17H,4-11H2,1H3/b3-2+. The van der Waals surface area contributed by atoms with Crippen molar-refractivity contribution >= 4 is 0 Å². The zero-order valence-corrected chi connectivity index (χ0v) is 16.1. The van der Waals surface area contributed by atoms with Crippen LogP contribution in [-0.2, 0) is 0 Å². The second-order valence-electron chi connectivity index (χ2n) is 8.17. The van der Waals surface area contributed by atoms with Gasteiger partial charge in [-0.1, -0.05) is 12.2 Å². The molecular formula is C22H27F5O. The van der Waals surface area contributed by atoms with Crippen molar-refractivity contribution in [3.8, 4) is 5.75 Å². The molecule has 2 fully saturated rings. The Bertz CT molecular complexity index is 658. The molecule has 2 saturated carbocycles. The molecule has 2 aliphatic rings. The SMILES string of the molecule is C/C=C/C1CCC(C2CCC(c3cc(F)c(OC(F)(F)F)c(F)c3)CC2)CC1. The Balaban J connectivity index is 1.58. The first kappa shape index (κ1) is 21.1. The summed E-state index contributed by atoms with van der Waals surface area (Å²) >= 11 is 0. The molecule has 0 saturated heterocycles. The number of ether oxygens (including phenoxy) is 1. The molecule has 0 bridgehead atoms. The molecule has 3 rings (SSSR count). The largest absolute Gasteiger partial charge is 0.573 e. The minimum atomic E-state index is -5.12. The Labute approximate surface area is 163 Å². The van der Waals surface area contributed by atoms with Gasteiger partial charge in [0.05, 0.1) is 0 Å². The van der Waals surface area contributed by atoms with E-state index in [4.69, 9.17) is 0 Å². The fraction of sp³-hybridized carbons (Fsp3) is 0.636. The van der Waals surface area contributed by atoms with E-state index in [9.17, 15) is 22.0 Å². The molecule has 1 aromatic carbocycles. The smallest absolute Gasteiger partial charge is 0.399 e. The summed E-state index contributed by atoms with van der Waals surface area (Å²) in [7, 11) is 0. The molecule has 156 valence electrons. The topological polar surface area (TPSA) is 9.23 Å². The van der Waals surface area contributed by atoms with Gasteiger partial charge < -0.3 is 4.74 Å². The first-order valence-corrected chi connectivity index (χ1v) is 10.1. The van der Waals surface area contributed by atoms with Crippen LogP contribution in [0.5, 0.6) is 5.75 Å². The van der Waals surface area contributed by atoms with Crippen LogP contribution in [0.25, 0.3) is 0 Å². The highest BCUT2D eigenvalue weighted by Gasteiger charge is 2.35. The van der Waals surface area contributed by atoms with Crippen molar-refractivity contribution in [1.29, 1.82) is 0 Å². The van der Waals surface area contributed by atoms with Crippen molar-refractivity contribution in [2.75, 3.05) is 0 Å². The van der Waals surface area contributed by atoms with Crippen molar-refractivity contribution in [1.82, 2.24) is 0 Å². The zero-order valence-electron chi connectivity index (χ0n) is 16.1. The summed E-state index contributed by atoms with van der Waals surface area (Å²) in [5, 5.41) is 0. The average molecular weight is 402 g/mol. The first-order chi connectivity index (χ1) is 13.3. The van der Waals surface area contributed by atoms with E-state index >= 15 is 0 Å². The van der Waals surface area contributed by atoms with E-state index in [2.05, 4.69) is 23.8 Å². The maximum Gasteiger partial charge on any atom is 0.573 e. The molecule has 28 heavy (non-hydrogen) atoms. The van der Waals surface area contributed by atoms with Crippen molar-refractivity contribution in [2.45, 2.75) is 70.6 Å². The van der Waals surface area contributed by atoms with Crippen LogP contribution in [0.1, 0.15) is 69.8 Å². The molecule has 0 aliphatic heterocycles. The van der Waals surface area contributed by atoms with E-state index in [0.717, 1.165) is 43.7 Å². The number of benzene rings is 1. The molecule has 1 nitrogen and oxygen atoms in total. The minimum absolute atomic E-state index is 0.0143. The molecule has 0 atom stereocenters. The number of alkyl halides is 3. The van der Waals surface area contributed by atoms with E-state index in [-0.39, 0.29) is 5.92 Å². The van der Waals surface area contributed by atoms with Gasteiger partial charge in [0.25, 0.3) is 0 Å². The van der Waals surface area contributed by atoms with E-state index in [0.29, 0.717) is 17.4 Å². The van der Waals surface area contributed by atoms with Crippen LogP contribution in [0.4, 0.5) is 22.0 Å². The van der Waals surface area contributed by atoms with Gasteiger partial charge in [0, 0.05) is 0 Å². The van der Waals surface area contributed by atoms with Crippen LogP contribution in [-0.4, -0.2) is 6.36 Å². The van der Waals surface area contributed by atoms with Crippen molar-refractivity contribution in [3.63, 3.8) is 0 Å². The molecule has 0 radical (unpaired) electrons. The van der Waals surface area contributed by atoms with Crippen LogP contribution >= 0.6 is 0 Å². The number of rotatable bonds is 4. The van der Waals surface area contributed by atoms with E-state index in [1.54, 1.807) is 0 Å². The molecule has 1 aromatic rings. The number of halogens is 5. The second-order valence-corrected chi connectivity index (χ2v) is 8.17. The summed E-state index contributed by atoms with van der Waals surface area (Å²) in [5.74, 6) is -1.92. The highest BCUT2D eigenvalue weighted by Crippen LogP contribution is 2.44. The molecule has 0 unspecified atom stereocenters. The summed E-state index contributed by atoms with van der Waals surface area (Å²) in [6.45, 7) is 2.06. The van der Waals surface area contributed by atoms with Crippen molar-refractivity contribution < 1.29 is 26.7 Å². The van der Waals surface area contributed by atoms with Gasteiger partial charge in [-0.05, 0) is 99.7 Å². The van der Waals surface area contributed by atoms with Crippen molar-refractivity contribution in [2.24, 2.45) is 17.8 Å². The number of allylic oxidation sites excluding steroid dienone is 2. The summed E-state index contributed by atoms with van der Waals surface area (Å²) in [6, 6.07) is 1.99. The lowest BCUT2D eigenvalue weighted by molar-refractivity contribution is -0.276. The molecule has 0 aromatic heterocycles. The highest BCUT2D eigenvalue weighted by molar-refractivity contribution is 5.33. The summed E-state index contributed by atoms with van der Waals surface area (Å²) in [4.78, 5) is 0. The van der Waals surface area contributed by atoms with Crippen LogP contribution in [0.15, 0.2) is 24.3 Å². The molecule has 2 aliphatic carbocycles. The first-order valence-electron chi connectivity index (χ1n) is 10.1. The minimum Gasteiger partial charge on any atom is -0.399 e. The Kier molecular flexibility index (Phi) is 6.66. The highest BCUT2D eigenvalue weighted by atomic mass is 19.4.